The molecule has 0 aliphatic carbocycles. The highest BCUT2D eigenvalue weighted by Crippen LogP contribution is 2.38. The zero-order valence-electron chi connectivity index (χ0n) is 17.4. The van der Waals surface area contributed by atoms with E-state index in [9.17, 15) is 4.79 Å². The van der Waals surface area contributed by atoms with Crippen molar-refractivity contribution < 1.29 is 14.1 Å². The van der Waals surface area contributed by atoms with E-state index < -0.39 is 14.4 Å². The Morgan fingerprint density at radius 1 is 1.00 bits per heavy atom. The van der Waals surface area contributed by atoms with Crippen LogP contribution in [0, 0.1) is 0 Å². The summed E-state index contributed by atoms with van der Waals surface area (Å²) in [6, 6.07) is 20.9. The minimum Gasteiger partial charge on any atom is -0.395 e. The summed E-state index contributed by atoms with van der Waals surface area (Å²) in [6.45, 7) is 7.72. The maximum atomic E-state index is 13.3. The first-order chi connectivity index (χ1) is 13.9. The van der Waals surface area contributed by atoms with Gasteiger partial charge in [0.2, 0.25) is 0 Å². The predicted octanol–water partition coefficient (Wildman–Crippen LogP) is 3.43. The predicted molar refractivity (Wildman–Crippen MR) is 117 cm³/mol. The van der Waals surface area contributed by atoms with Gasteiger partial charge in [0.15, 0.2) is 0 Å². The second kappa shape index (κ2) is 7.90. The summed E-state index contributed by atoms with van der Waals surface area (Å²) in [6.07, 6.45) is 3.14. The van der Waals surface area contributed by atoms with Crippen LogP contribution in [-0.4, -0.2) is 38.5 Å². The van der Waals surface area contributed by atoms with Crippen LogP contribution in [0.1, 0.15) is 33.6 Å². The lowest BCUT2D eigenvalue weighted by molar-refractivity contribution is -0.188. The van der Waals surface area contributed by atoms with E-state index in [4.69, 9.17) is 9.26 Å². The first kappa shape index (κ1) is 20.1. The molecule has 2 aliphatic rings. The van der Waals surface area contributed by atoms with E-state index in [1.165, 1.54) is 21.0 Å². The zero-order chi connectivity index (χ0) is 20.5. The summed E-state index contributed by atoms with van der Waals surface area (Å²) in [4.78, 5) is 18.9. The summed E-state index contributed by atoms with van der Waals surface area (Å²) in [5.41, 5.74) is 1.26. The van der Waals surface area contributed by atoms with Crippen LogP contribution in [-0.2, 0) is 14.1 Å². The van der Waals surface area contributed by atoms with E-state index in [2.05, 4.69) is 75.4 Å². The molecule has 1 atom stereocenters. The monoisotopic (exact) mass is 407 g/mol. The largest absolute Gasteiger partial charge is 0.395 e. The van der Waals surface area contributed by atoms with Crippen molar-refractivity contribution in [2.24, 2.45) is 0 Å². The van der Waals surface area contributed by atoms with Gasteiger partial charge < -0.3 is 4.43 Å². The first-order valence-electron chi connectivity index (χ1n) is 10.3. The number of benzene rings is 2. The van der Waals surface area contributed by atoms with Crippen molar-refractivity contribution in [3.05, 3.63) is 72.3 Å². The van der Waals surface area contributed by atoms with Crippen LogP contribution in [0.4, 0.5) is 0 Å². The highest BCUT2D eigenvalue weighted by molar-refractivity contribution is 6.99. The first-order valence-corrected chi connectivity index (χ1v) is 12.2. The van der Waals surface area contributed by atoms with Gasteiger partial charge in [0, 0.05) is 0 Å². The molecule has 1 saturated heterocycles. The fourth-order valence-electron chi connectivity index (χ4n) is 4.48. The van der Waals surface area contributed by atoms with Gasteiger partial charge in [-0.3, -0.25) is 9.63 Å². The number of rotatable bonds is 4. The van der Waals surface area contributed by atoms with Gasteiger partial charge in [0.1, 0.15) is 6.10 Å². The van der Waals surface area contributed by atoms with E-state index in [0.717, 1.165) is 6.42 Å². The quantitative estimate of drug-likeness (QED) is 0.576. The van der Waals surface area contributed by atoms with Crippen LogP contribution in [0.2, 0.25) is 5.04 Å². The molecule has 0 radical (unpaired) electrons. The lowest BCUT2D eigenvalue weighted by atomic mass is 10.1. The highest BCUT2D eigenvalue weighted by atomic mass is 28.4. The van der Waals surface area contributed by atoms with Crippen molar-refractivity contribution in [1.29, 1.82) is 0 Å². The lowest BCUT2D eigenvalue weighted by Crippen LogP contribution is -2.68. The zero-order valence-corrected chi connectivity index (χ0v) is 18.4. The molecule has 29 heavy (non-hydrogen) atoms. The fourth-order valence-corrected chi connectivity index (χ4v) is 9.14. The Balaban J connectivity index is 1.82. The highest BCUT2D eigenvalue weighted by Gasteiger charge is 2.53. The second-order valence-corrected chi connectivity index (χ2v) is 13.1. The number of hydroxylamine groups is 2. The number of fused-ring (bicyclic) bond motifs is 2. The molecule has 2 aromatic rings. The Kier molecular flexibility index (Phi) is 5.47. The van der Waals surface area contributed by atoms with Gasteiger partial charge in [-0.25, -0.2) is 5.06 Å². The molecule has 4 rings (SSSR count). The SMILES string of the molecule is CC(C)(C)[Si](O[C@H]1CCC2=CCON(C2)C1=O)(c1ccccc1)c1ccccc1. The van der Waals surface area contributed by atoms with E-state index in [1.807, 2.05) is 12.1 Å². The molecule has 0 spiro atoms. The number of carbonyl (C=O) groups excluding carboxylic acids is 1. The standard InChI is InChI=1S/C24H29NO3Si/c1-24(2,3)29(20-10-6-4-7-11-20,21-12-8-5-9-13-21)28-22-15-14-19-16-17-27-25(18-19)23(22)26/h4-13,16,22H,14-15,17-18H2,1-3H3/t22-/m0/s1. The minimum absolute atomic E-state index is 0.0545. The molecular weight excluding hydrogens is 378 g/mol. The molecule has 1 fully saturated rings. The van der Waals surface area contributed by atoms with E-state index >= 15 is 0 Å². The summed E-state index contributed by atoms with van der Waals surface area (Å²) in [5.74, 6) is -0.0545. The number of hydrogen-bond acceptors (Lipinski definition) is 3. The van der Waals surface area contributed by atoms with Crippen molar-refractivity contribution in [3.8, 4) is 0 Å². The molecule has 0 saturated carbocycles. The summed E-state index contributed by atoms with van der Waals surface area (Å²) < 4.78 is 7.06. The molecule has 152 valence electrons. The minimum atomic E-state index is -2.77. The third-order valence-electron chi connectivity index (χ3n) is 5.93. The average molecular weight is 408 g/mol. The van der Waals surface area contributed by atoms with E-state index in [-0.39, 0.29) is 10.9 Å². The third-order valence-corrected chi connectivity index (χ3v) is 11.0. The van der Waals surface area contributed by atoms with Gasteiger partial charge in [-0.05, 0) is 33.8 Å². The topological polar surface area (TPSA) is 38.8 Å². The molecule has 5 heteroatoms. The smallest absolute Gasteiger partial charge is 0.274 e. The molecule has 0 unspecified atom stereocenters. The summed E-state index contributed by atoms with van der Waals surface area (Å²) in [7, 11) is -2.77. The number of hydrogen-bond donors (Lipinski definition) is 0. The number of amides is 1. The Bertz CT molecular complexity index is 850. The van der Waals surface area contributed by atoms with Crippen molar-refractivity contribution in [2.75, 3.05) is 13.2 Å². The maximum Gasteiger partial charge on any atom is 0.274 e. The molecule has 0 N–H and O–H groups in total. The summed E-state index contributed by atoms with van der Waals surface area (Å²) in [5, 5.41) is 3.72. The number of nitrogens with zero attached hydrogens (tertiary/aromatic N) is 1. The van der Waals surface area contributed by atoms with Gasteiger partial charge in [0.05, 0.1) is 13.2 Å². The van der Waals surface area contributed by atoms with Crippen LogP contribution in [0.15, 0.2) is 72.3 Å². The molecule has 1 amide bonds. The maximum absolute atomic E-state index is 13.3. The second-order valence-electron chi connectivity index (χ2n) is 8.84. The molecule has 4 nitrogen and oxygen atoms in total. The Hall–Kier alpha value is -2.21. The van der Waals surface area contributed by atoms with Crippen LogP contribution in [0.25, 0.3) is 0 Å². The van der Waals surface area contributed by atoms with Gasteiger partial charge in [-0.2, -0.15) is 0 Å². The Labute approximate surface area is 174 Å². The van der Waals surface area contributed by atoms with Crippen molar-refractivity contribution >= 4 is 24.6 Å². The van der Waals surface area contributed by atoms with Gasteiger partial charge in [-0.15, -0.1) is 0 Å². The van der Waals surface area contributed by atoms with E-state index in [1.54, 1.807) is 0 Å². The van der Waals surface area contributed by atoms with E-state index in [0.29, 0.717) is 19.6 Å². The summed E-state index contributed by atoms with van der Waals surface area (Å²) >= 11 is 0. The van der Waals surface area contributed by atoms with Crippen LogP contribution in [0.3, 0.4) is 0 Å². The lowest BCUT2D eigenvalue weighted by Gasteiger charge is -2.45. The molecular formula is C24H29NO3Si. The Morgan fingerprint density at radius 3 is 2.14 bits per heavy atom. The fraction of sp³-hybridized carbons (Fsp3) is 0.375. The molecule has 2 aromatic carbocycles. The van der Waals surface area contributed by atoms with Crippen LogP contribution >= 0.6 is 0 Å². The molecule has 2 bridgehead atoms. The van der Waals surface area contributed by atoms with Crippen molar-refractivity contribution in [3.63, 3.8) is 0 Å². The molecule has 0 aromatic heterocycles. The third kappa shape index (κ3) is 3.70. The number of carbonyl (C=O) groups is 1. The van der Waals surface area contributed by atoms with Crippen molar-refractivity contribution in [1.82, 2.24) is 5.06 Å². The normalized spacial score (nSPS) is 20.2. The van der Waals surface area contributed by atoms with Crippen LogP contribution < -0.4 is 10.4 Å². The molecule has 2 aliphatic heterocycles. The van der Waals surface area contributed by atoms with Crippen molar-refractivity contribution in [2.45, 2.75) is 44.8 Å². The average Bonchev–Trinajstić information content (AvgIpc) is 2.83. The van der Waals surface area contributed by atoms with Gasteiger partial charge in [-0.1, -0.05) is 87.5 Å². The van der Waals surface area contributed by atoms with Gasteiger partial charge >= 0.3 is 0 Å². The molecule has 2 heterocycles. The Morgan fingerprint density at radius 2 is 1.59 bits per heavy atom. The van der Waals surface area contributed by atoms with Gasteiger partial charge in [0.25, 0.3) is 14.2 Å². The van der Waals surface area contributed by atoms with Crippen LogP contribution in [0.5, 0.6) is 0 Å².